The lowest BCUT2D eigenvalue weighted by molar-refractivity contribution is -0.137. The number of hydrogen-bond donors (Lipinski definition) is 3. The second-order valence-electron chi connectivity index (χ2n) is 4.97. The van der Waals surface area contributed by atoms with Crippen LogP contribution in [0.4, 0.5) is 4.79 Å². The van der Waals surface area contributed by atoms with Gasteiger partial charge in [-0.05, 0) is 37.0 Å². The molecule has 2 amide bonds. The number of carbonyl (C=O) groups is 2. The second kappa shape index (κ2) is 6.13. The van der Waals surface area contributed by atoms with Crippen molar-refractivity contribution in [2.24, 2.45) is 0 Å². The maximum atomic E-state index is 11.8. The van der Waals surface area contributed by atoms with E-state index in [2.05, 4.69) is 10.6 Å². The van der Waals surface area contributed by atoms with Gasteiger partial charge in [0, 0.05) is 18.0 Å². The third kappa shape index (κ3) is 3.87. The molecule has 3 N–H and O–H groups in total. The quantitative estimate of drug-likeness (QED) is 0.706. The van der Waals surface area contributed by atoms with E-state index in [0.29, 0.717) is 18.0 Å². The van der Waals surface area contributed by atoms with Crippen molar-refractivity contribution in [1.29, 1.82) is 0 Å². The minimum atomic E-state index is -0.855. The number of hydrogen-bond acceptors (Lipinski definition) is 2. The molecule has 0 aliphatic heterocycles. The Bertz CT molecular complexity index is 498. The maximum absolute atomic E-state index is 11.8. The molecule has 1 fully saturated rings. The molecule has 0 bridgehead atoms. The normalized spacial score (nSPS) is 15.4. The summed E-state index contributed by atoms with van der Waals surface area (Å²) in [6.07, 6.45) is 2.29. The molecule has 108 valence electrons. The minimum absolute atomic E-state index is 0.0581. The zero-order valence-electron chi connectivity index (χ0n) is 11.0. The molecule has 1 aliphatic rings. The van der Waals surface area contributed by atoms with Crippen molar-refractivity contribution < 1.29 is 14.7 Å². The van der Waals surface area contributed by atoms with Crippen molar-refractivity contribution in [3.8, 4) is 0 Å². The number of halogens is 1. The molecule has 0 aromatic heterocycles. The average molecular weight is 297 g/mol. The van der Waals surface area contributed by atoms with Crippen molar-refractivity contribution >= 4 is 23.6 Å². The highest BCUT2D eigenvalue weighted by Crippen LogP contribution is 2.45. The number of carboxylic acids is 1. The first-order valence-corrected chi connectivity index (χ1v) is 6.93. The zero-order valence-corrected chi connectivity index (χ0v) is 11.7. The van der Waals surface area contributed by atoms with Crippen LogP contribution in [0.2, 0.25) is 5.02 Å². The van der Waals surface area contributed by atoms with Crippen molar-refractivity contribution in [3.05, 3.63) is 34.9 Å². The van der Waals surface area contributed by atoms with E-state index in [9.17, 15) is 9.59 Å². The van der Waals surface area contributed by atoms with E-state index in [-0.39, 0.29) is 18.0 Å². The van der Waals surface area contributed by atoms with Crippen molar-refractivity contribution in [2.75, 3.05) is 6.54 Å². The molecular weight excluding hydrogens is 280 g/mol. The van der Waals surface area contributed by atoms with E-state index in [4.69, 9.17) is 16.7 Å². The van der Waals surface area contributed by atoms with Gasteiger partial charge >= 0.3 is 12.0 Å². The van der Waals surface area contributed by atoms with Gasteiger partial charge < -0.3 is 15.7 Å². The minimum Gasteiger partial charge on any atom is -0.481 e. The molecule has 0 saturated heterocycles. The second-order valence-corrected chi connectivity index (χ2v) is 5.40. The summed E-state index contributed by atoms with van der Waals surface area (Å²) in [5.41, 5.74) is 0.754. The fourth-order valence-corrected chi connectivity index (χ4v) is 2.21. The van der Waals surface area contributed by atoms with Crippen LogP contribution in [0.15, 0.2) is 24.3 Å². The van der Waals surface area contributed by atoms with E-state index in [0.717, 1.165) is 18.4 Å². The summed E-state index contributed by atoms with van der Waals surface area (Å²) >= 11 is 5.85. The number of rotatable bonds is 6. The molecule has 1 aliphatic carbocycles. The van der Waals surface area contributed by atoms with Crippen molar-refractivity contribution in [1.82, 2.24) is 10.6 Å². The lowest BCUT2D eigenvalue weighted by atomic mass is 10.1. The molecule has 0 spiro atoms. The van der Waals surface area contributed by atoms with Crippen LogP contribution < -0.4 is 10.6 Å². The molecule has 1 saturated carbocycles. The third-order valence-electron chi connectivity index (χ3n) is 3.35. The Morgan fingerprint density at radius 3 is 2.45 bits per heavy atom. The first-order valence-electron chi connectivity index (χ1n) is 6.56. The summed E-state index contributed by atoms with van der Waals surface area (Å²) < 4.78 is 0. The van der Waals surface area contributed by atoms with Crippen LogP contribution in [0.25, 0.3) is 0 Å². The monoisotopic (exact) mass is 296 g/mol. The van der Waals surface area contributed by atoms with E-state index in [1.807, 2.05) is 24.3 Å². The molecule has 0 atom stereocenters. The van der Waals surface area contributed by atoms with E-state index in [1.165, 1.54) is 0 Å². The molecule has 1 aromatic carbocycles. The summed E-state index contributed by atoms with van der Waals surface area (Å²) in [7, 11) is 0. The highest BCUT2D eigenvalue weighted by Gasteiger charge is 2.45. The lowest BCUT2D eigenvalue weighted by Gasteiger charge is -2.18. The van der Waals surface area contributed by atoms with Crippen LogP contribution >= 0.6 is 11.6 Å². The molecule has 1 aromatic rings. The Labute approximate surface area is 122 Å². The molecule has 20 heavy (non-hydrogen) atoms. The Morgan fingerprint density at radius 1 is 1.25 bits per heavy atom. The molecule has 0 heterocycles. The predicted octanol–water partition coefficient (Wildman–Crippen LogP) is 2.49. The van der Waals surface area contributed by atoms with Gasteiger partial charge in [-0.15, -0.1) is 0 Å². The molecule has 0 unspecified atom stereocenters. The standard InChI is InChI=1S/C14H17ClN2O3/c15-11-5-3-10(4-6-11)14(7-8-14)17-13(20)16-9-1-2-12(18)19/h3-6H,1-2,7-9H2,(H,18,19)(H2,16,17,20). The van der Waals surface area contributed by atoms with Crippen molar-refractivity contribution in [3.63, 3.8) is 0 Å². The van der Waals surface area contributed by atoms with Gasteiger partial charge in [-0.25, -0.2) is 4.79 Å². The Kier molecular flexibility index (Phi) is 4.49. The fourth-order valence-electron chi connectivity index (χ4n) is 2.08. The van der Waals surface area contributed by atoms with Crippen molar-refractivity contribution in [2.45, 2.75) is 31.2 Å². The smallest absolute Gasteiger partial charge is 0.315 e. The Balaban J connectivity index is 1.81. The van der Waals surface area contributed by atoms with E-state index < -0.39 is 5.97 Å². The highest BCUT2D eigenvalue weighted by molar-refractivity contribution is 6.30. The largest absolute Gasteiger partial charge is 0.481 e. The summed E-state index contributed by atoms with van der Waals surface area (Å²) in [6, 6.07) is 7.19. The number of carbonyl (C=O) groups excluding carboxylic acids is 1. The van der Waals surface area contributed by atoms with Crippen LogP contribution in [0.5, 0.6) is 0 Å². The van der Waals surface area contributed by atoms with E-state index >= 15 is 0 Å². The molecular formula is C14H17ClN2O3. The topological polar surface area (TPSA) is 78.4 Å². The number of amides is 2. The fraction of sp³-hybridized carbons (Fsp3) is 0.429. The van der Waals surface area contributed by atoms with Crippen LogP contribution in [0.1, 0.15) is 31.2 Å². The van der Waals surface area contributed by atoms with Crippen LogP contribution in [0.3, 0.4) is 0 Å². The first kappa shape index (κ1) is 14.7. The zero-order chi connectivity index (χ0) is 14.6. The highest BCUT2D eigenvalue weighted by atomic mass is 35.5. The van der Waals surface area contributed by atoms with Gasteiger partial charge in [0.05, 0.1) is 5.54 Å². The average Bonchev–Trinajstić information content (AvgIpc) is 3.16. The summed E-state index contributed by atoms with van der Waals surface area (Å²) in [5.74, 6) is -0.855. The first-order chi connectivity index (χ1) is 9.52. The number of carboxylic acid groups (broad SMARTS) is 1. The maximum Gasteiger partial charge on any atom is 0.315 e. The molecule has 2 rings (SSSR count). The van der Waals surface area contributed by atoms with E-state index in [1.54, 1.807) is 0 Å². The predicted molar refractivity (Wildman–Crippen MR) is 75.8 cm³/mol. The van der Waals surface area contributed by atoms with Crippen LogP contribution in [-0.2, 0) is 10.3 Å². The number of urea groups is 1. The lowest BCUT2D eigenvalue weighted by Crippen LogP contribution is -2.42. The Morgan fingerprint density at radius 2 is 1.90 bits per heavy atom. The van der Waals surface area contributed by atoms with Crippen LogP contribution in [-0.4, -0.2) is 23.7 Å². The summed E-state index contributed by atoms with van der Waals surface area (Å²) in [5, 5.41) is 14.8. The molecule has 5 nitrogen and oxygen atoms in total. The number of benzene rings is 1. The number of aliphatic carboxylic acids is 1. The van der Waals surface area contributed by atoms with Gasteiger partial charge in [-0.1, -0.05) is 23.7 Å². The van der Waals surface area contributed by atoms with Gasteiger partial charge in [0.15, 0.2) is 0 Å². The van der Waals surface area contributed by atoms with Crippen LogP contribution in [0, 0.1) is 0 Å². The SMILES string of the molecule is O=C(O)CCCNC(=O)NC1(c2ccc(Cl)cc2)CC1. The van der Waals surface area contributed by atoms with Gasteiger partial charge in [0.1, 0.15) is 0 Å². The molecule has 0 radical (unpaired) electrons. The van der Waals surface area contributed by atoms with Gasteiger partial charge in [0.2, 0.25) is 0 Å². The van der Waals surface area contributed by atoms with Gasteiger partial charge in [-0.2, -0.15) is 0 Å². The number of nitrogens with one attached hydrogen (secondary N) is 2. The molecule has 6 heteroatoms. The Hall–Kier alpha value is -1.75. The van der Waals surface area contributed by atoms with Gasteiger partial charge in [-0.3, -0.25) is 4.79 Å². The summed E-state index contributed by atoms with van der Waals surface area (Å²) in [4.78, 5) is 22.1. The van der Waals surface area contributed by atoms with Gasteiger partial charge in [0.25, 0.3) is 0 Å². The third-order valence-corrected chi connectivity index (χ3v) is 3.60. The summed E-state index contributed by atoms with van der Waals surface area (Å²) in [6.45, 7) is 0.356.